The summed E-state index contributed by atoms with van der Waals surface area (Å²) in [5.74, 6) is 1.78. The molecule has 2 aromatic rings. The highest BCUT2D eigenvalue weighted by molar-refractivity contribution is 6.30. The van der Waals surface area contributed by atoms with Crippen molar-refractivity contribution in [1.82, 2.24) is 14.8 Å². The Morgan fingerprint density at radius 1 is 1.28 bits per heavy atom. The maximum absolute atomic E-state index is 6.06. The van der Waals surface area contributed by atoms with E-state index < -0.39 is 0 Å². The average molecular weight is 265 g/mol. The van der Waals surface area contributed by atoms with Crippen LogP contribution in [0.5, 0.6) is 0 Å². The van der Waals surface area contributed by atoms with Crippen molar-refractivity contribution in [2.24, 2.45) is 5.73 Å². The van der Waals surface area contributed by atoms with Gasteiger partial charge in [-0.25, -0.2) is 9.67 Å². The monoisotopic (exact) mass is 264 g/mol. The van der Waals surface area contributed by atoms with Crippen LogP contribution < -0.4 is 5.73 Å². The Hall–Kier alpha value is -1.39. The van der Waals surface area contributed by atoms with Gasteiger partial charge in [0.25, 0.3) is 0 Å². The standard InChI is InChI=1S/C13H17ClN4/c1-3-12-16-13(4-2)18(17-12)11-7-10(14)6-5-9(11)8-15/h5-7H,3-4,8,15H2,1-2H3. The van der Waals surface area contributed by atoms with Crippen LogP contribution in [0.4, 0.5) is 0 Å². The van der Waals surface area contributed by atoms with E-state index in [1.54, 1.807) is 0 Å². The zero-order valence-electron chi connectivity index (χ0n) is 10.7. The molecular formula is C13H17ClN4. The van der Waals surface area contributed by atoms with E-state index in [2.05, 4.69) is 17.0 Å². The molecule has 0 aliphatic rings. The molecule has 0 bridgehead atoms. The van der Waals surface area contributed by atoms with E-state index in [-0.39, 0.29) is 0 Å². The van der Waals surface area contributed by atoms with Crippen molar-refractivity contribution < 1.29 is 0 Å². The summed E-state index contributed by atoms with van der Waals surface area (Å²) < 4.78 is 1.85. The SMILES string of the molecule is CCc1nc(CC)n(-c2cc(Cl)ccc2CN)n1. The van der Waals surface area contributed by atoms with Gasteiger partial charge in [-0.3, -0.25) is 0 Å². The molecule has 0 saturated heterocycles. The normalized spacial score (nSPS) is 10.9. The molecule has 0 saturated carbocycles. The quantitative estimate of drug-likeness (QED) is 0.923. The minimum atomic E-state index is 0.455. The molecule has 0 unspecified atom stereocenters. The number of hydrogen-bond donors (Lipinski definition) is 1. The summed E-state index contributed by atoms with van der Waals surface area (Å²) in [7, 11) is 0. The van der Waals surface area contributed by atoms with Gasteiger partial charge in [0.05, 0.1) is 5.69 Å². The Kier molecular flexibility index (Phi) is 3.99. The molecule has 1 aromatic carbocycles. The van der Waals surface area contributed by atoms with Crippen LogP contribution in [0.2, 0.25) is 5.02 Å². The van der Waals surface area contributed by atoms with E-state index in [0.717, 1.165) is 35.7 Å². The summed E-state index contributed by atoms with van der Waals surface area (Å²) in [6.07, 6.45) is 1.64. The first-order valence-electron chi connectivity index (χ1n) is 6.13. The third-order valence-corrected chi connectivity index (χ3v) is 3.08. The van der Waals surface area contributed by atoms with E-state index in [1.165, 1.54) is 0 Å². The number of halogens is 1. The van der Waals surface area contributed by atoms with E-state index in [0.29, 0.717) is 11.6 Å². The van der Waals surface area contributed by atoms with Crippen molar-refractivity contribution in [2.75, 3.05) is 0 Å². The van der Waals surface area contributed by atoms with E-state index in [4.69, 9.17) is 17.3 Å². The zero-order chi connectivity index (χ0) is 13.1. The number of rotatable bonds is 4. The van der Waals surface area contributed by atoms with Gasteiger partial charge in [0.2, 0.25) is 0 Å². The minimum absolute atomic E-state index is 0.455. The molecule has 1 aromatic heterocycles. The molecule has 0 aliphatic carbocycles. The average Bonchev–Trinajstić information content (AvgIpc) is 2.81. The molecule has 2 rings (SSSR count). The van der Waals surface area contributed by atoms with Crippen LogP contribution in [-0.2, 0) is 19.4 Å². The first kappa shape index (κ1) is 13.1. The second-order valence-corrected chi connectivity index (χ2v) is 4.48. The van der Waals surface area contributed by atoms with Gasteiger partial charge >= 0.3 is 0 Å². The topological polar surface area (TPSA) is 56.7 Å². The van der Waals surface area contributed by atoms with Crippen LogP contribution in [0.15, 0.2) is 18.2 Å². The lowest BCUT2D eigenvalue weighted by molar-refractivity contribution is 0.780. The number of aryl methyl sites for hydroxylation is 2. The molecular weight excluding hydrogens is 248 g/mol. The molecule has 0 fully saturated rings. The van der Waals surface area contributed by atoms with Crippen molar-refractivity contribution in [1.29, 1.82) is 0 Å². The predicted octanol–water partition coefficient (Wildman–Crippen LogP) is 2.50. The largest absolute Gasteiger partial charge is 0.326 e. The first-order chi connectivity index (χ1) is 8.69. The lowest BCUT2D eigenvalue weighted by atomic mass is 10.2. The highest BCUT2D eigenvalue weighted by Gasteiger charge is 2.12. The van der Waals surface area contributed by atoms with Gasteiger partial charge in [-0.15, -0.1) is 0 Å². The van der Waals surface area contributed by atoms with Gasteiger partial charge in [0.15, 0.2) is 5.82 Å². The third kappa shape index (κ3) is 2.40. The van der Waals surface area contributed by atoms with Crippen LogP contribution in [-0.4, -0.2) is 14.8 Å². The number of nitrogens with zero attached hydrogens (tertiary/aromatic N) is 3. The lowest BCUT2D eigenvalue weighted by Gasteiger charge is -2.10. The van der Waals surface area contributed by atoms with Gasteiger partial charge in [-0.05, 0) is 17.7 Å². The fourth-order valence-electron chi connectivity index (χ4n) is 1.87. The van der Waals surface area contributed by atoms with Crippen LogP contribution in [0.25, 0.3) is 5.69 Å². The molecule has 0 atom stereocenters. The van der Waals surface area contributed by atoms with Crippen LogP contribution in [0.3, 0.4) is 0 Å². The van der Waals surface area contributed by atoms with Crippen molar-refractivity contribution in [3.8, 4) is 5.69 Å². The Morgan fingerprint density at radius 2 is 2.06 bits per heavy atom. The Bertz CT molecular complexity index is 548. The number of benzene rings is 1. The molecule has 1 heterocycles. The molecule has 5 heteroatoms. The maximum Gasteiger partial charge on any atom is 0.151 e. The number of aromatic nitrogens is 3. The second kappa shape index (κ2) is 5.50. The van der Waals surface area contributed by atoms with Crippen molar-refractivity contribution in [2.45, 2.75) is 33.2 Å². The van der Waals surface area contributed by atoms with Gasteiger partial charge < -0.3 is 5.73 Å². The summed E-state index contributed by atoms with van der Waals surface area (Å²) in [5, 5.41) is 5.19. The number of hydrogen-bond acceptors (Lipinski definition) is 3. The number of nitrogens with two attached hydrogens (primary N) is 1. The molecule has 0 radical (unpaired) electrons. The Morgan fingerprint density at radius 3 is 2.67 bits per heavy atom. The van der Waals surface area contributed by atoms with Gasteiger partial charge in [0, 0.05) is 24.4 Å². The summed E-state index contributed by atoms with van der Waals surface area (Å²) in [6.45, 7) is 4.56. The zero-order valence-corrected chi connectivity index (χ0v) is 11.4. The molecule has 4 nitrogen and oxygen atoms in total. The highest BCUT2D eigenvalue weighted by Crippen LogP contribution is 2.21. The first-order valence-corrected chi connectivity index (χ1v) is 6.51. The fraction of sp³-hybridized carbons (Fsp3) is 0.385. The third-order valence-electron chi connectivity index (χ3n) is 2.85. The Labute approximate surface area is 112 Å². The fourth-order valence-corrected chi connectivity index (χ4v) is 2.04. The van der Waals surface area contributed by atoms with Crippen LogP contribution in [0.1, 0.15) is 31.1 Å². The predicted molar refractivity (Wildman–Crippen MR) is 73.0 cm³/mol. The Balaban J connectivity index is 2.59. The van der Waals surface area contributed by atoms with Crippen molar-refractivity contribution >= 4 is 11.6 Å². The summed E-state index contributed by atoms with van der Waals surface area (Å²) in [4.78, 5) is 4.50. The minimum Gasteiger partial charge on any atom is -0.326 e. The van der Waals surface area contributed by atoms with Crippen LogP contribution >= 0.6 is 11.6 Å². The molecule has 18 heavy (non-hydrogen) atoms. The van der Waals surface area contributed by atoms with Crippen LogP contribution in [0, 0.1) is 0 Å². The lowest BCUT2D eigenvalue weighted by Crippen LogP contribution is -2.08. The highest BCUT2D eigenvalue weighted by atomic mass is 35.5. The molecule has 2 N–H and O–H groups in total. The smallest absolute Gasteiger partial charge is 0.151 e. The van der Waals surface area contributed by atoms with Gasteiger partial charge in [0.1, 0.15) is 5.82 Å². The molecule has 0 amide bonds. The molecule has 96 valence electrons. The van der Waals surface area contributed by atoms with E-state index >= 15 is 0 Å². The second-order valence-electron chi connectivity index (χ2n) is 4.04. The van der Waals surface area contributed by atoms with Crippen molar-refractivity contribution in [3.63, 3.8) is 0 Å². The summed E-state index contributed by atoms with van der Waals surface area (Å²) in [6, 6.07) is 5.66. The van der Waals surface area contributed by atoms with Crippen molar-refractivity contribution in [3.05, 3.63) is 40.4 Å². The molecule has 0 spiro atoms. The molecule has 0 aliphatic heterocycles. The summed E-state index contributed by atoms with van der Waals surface area (Å²) in [5.41, 5.74) is 7.70. The van der Waals surface area contributed by atoms with Gasteiger partial charge in [-0.2, -0.15) is 5.10 Å². The van der Waals surface area contributed by atoms with Gasteiger partial charge in [-0.1, -0.05) is 31.5 Å². The summed E-state index contributed by atoms with van der Waals surface area (Å²) >= 11 is 6.06. The van der Waals surface area contributed by atoms with E-state index in [1.807, 2.05) is 29.8 Å². The maximum atomic E-state index is 6.06. The van der Waals surface area contributed by atoms with E-state index in [9.17, 15) is 0 Å².